The molecule has 0 saturated heterocycles. The van der Waals surface area contributed by atoms with Crippen LogP contribution in [0.5, 0.6) is 11.5 Å². The molecule has 0 heterocycles. The van der Waals surface area contributed by atoms with Gasteiger partial charge in [-0.3, -0.25) is 14.9 Å². The van der Waals surface area contributed by atoms with E-state index in [0.717, 1.165) is 5.56 Å². The van der Waals surface area contributed by atoms with E-state index in [4.69, 9.17) is 21.1 Å². The molecule has 1 amide bonds. The monoisotopic (exact) mass is 378 g/mol. The topological polar surface area (TPSA) is 81.9 Å². The lowest BCUT2D eigenvalue weighted by molar-refractivity contribution is -0.385. The zero-order valence-corrected chi connectivity index (χ0v) is 15.2. The van der Waals surface area contributed by atoms with Crippen LogP contribution in [0.4, 0.5) is 5.69 Å². The molecular formula is C18H19ClN2O5. The average molecular weight is 379 g/mol. The summed E-state index contributed by atoms with van der Waals surface area (Å²) in [4.78, 5) is 24.1. The van der Waals surface area contributed by atoms with Crippen LogP contribution >= 0.6 is 11.6 Å². The van der Waals surface area contributed by atoms with E-state index in [9.17, 15) is 14.9 Å². The molecule has 0 aromatic heterocycles. The van der Waals surface area contributed by atoms with Crippen LogP contribution in [0.2, 0.25) is 5.02 Å². The molecule has 0 bridgehead atoms. The van der Waals surface area contributed by atoms with Crippen LogP contribution in [0.1, 0.15) is 5.56 Å². The van der Waals surface area contributed by atoms with Gasteiger partial charge in [-0.15, -0.1) is 0 Å². The molecule has 0 spiro atoms. The fourth-order valence-corrected chi connectivity index (χ4v) is 2.22. The zero-order valence-electron chi connectivity index (χ0n) is 14.5. The lowest BCUT2D eigenvalue weighted by Gasteiger charge is -2.18. The molecule has 0 aliphatic rings. The number of nitrogens with zero attached hydrogens (tertiary/aromatic N) is 2. The number of benzene rings is 2. The number of nitro groups is 1. The summed E-state index contributed by atoms with van der Waals surface area (Å²) in [6, 6.07) is 11.5. The van der Waals surface area contributed by atoms with Gasteiger partial charge >= 0.3 is 5.69 Å². The summed E-state index contributed by atoms with van der Waals surface area (Å²) in [5, 5.41) is 11.7. The van der Waals surface area contributed by atoms with Crippen molar-refractivity contribution >= 4 is 23.2 Å². The van der Waals surface area contributed by atoms with Crippen LogP contribution < -0.4 is 9.47 Å². The Kier molecular flexibility index (Phi) is 6.80. The minimum absolute atomic E-state index is 0.0692. The van der Waals surface area contributed by atoms with Gasteiger partial charge in [0.05, 0.1) is 11.5 Å². The Balaban J connectivity index is 1.82. The van der Waals surface area contributed by atoms with Crippen LogP contribution in [0.15, 0.2) is 42.5 Å². The second-order valence-corrected chi connectivity index (χ2v) is 6.07. The molecule has 0 aliphatic heterocycles. The fraction of sp³-hybridized carbons (Fsp3) is 0.278. The van der Waals surface area contributed by atoms with Crippen LogP contribution in [0.3, 0.4) is 0 Å². The van der Waals surface area contributed by atoms with Gasteiger partial charge in [-0.1, -0.05) is 17.7 Å². The largest absolute Gasteiger partial charge is 0.492 e. The molecule has 8 heteroatoms. The van der Waals surface area contributed by atoms with Crippen molar-refractivity contribution in [2.75, 3.05) is 26.8 Å². The van der Waals surface area contributed by atoms with Gasteiger partial charge in [-0.25, -0.2) is 0 Å². The molecule has 2 aromatic carbocycles. The van der Waals surface area contributed by atoms with Crippen LogP contribution in [-0.4, -0.2) is 42.5 Å². The van der Waals surface area contributed by atoms with E-state index in [-0.39, 0.29) is 24.0 Å². The van der Waals surface area contributed by atoms with Gasteiger partial charge in [0.2, 0.25) is 0 Å². The van der Waals surface area contributed by atoms with E-state index in [2.05, 4.69) is 0 Å². The van der Waals surface area contributed by atoms with Crippen molar-refractivity contribution in [1.29, 1.82) is 0 Å². The van der Waals surface area contributed by atoms with Crippen molar-refractivity contribution < 1.29 is 19.2 Å². The van der Waals surface area contributed by atoms with E-state index >= 15 is 0 Å². The first-order chi connectivity index (χ1) is 12.4. The summed E-state index contributed by atoms with van der Waals surface area (Å²) in [5.74, 6) is 0.418. The Bertz CT molecular complexity index is 780. The van der Waals surface area contributed by atoms with Crippen molar-refractivity contribution in [3.8, 4) is 11.5 Å². The van der Waals surface area contributed by atoms with Gasteiger partial charge in [0, 0.05) is 18.1 Å². The molecule has 7 nitrogen and oxygen atoms in total. The number of hydrogen-bond acceptors (Lipinski definition) is 5. The molecule has 2 aromatic rings. The fourth-order valence-electron chi connectivity index (χ4n) is 2.10. The molecule has 138 valence electrons. The van der Waals surface area contributed by atoms with E-state index < -0.39 is 4.92 Å². The first-order valence-corrected chi connectivity index (χ1v) is 8.25. The number of likely N-dealkylation sites (N-methyl/N-ethyl adjacent to an activating group) is 1. The summed E-state index contributed by atoms with van der Waals surface area (Å²) in [6.07, 6.45) is 0. The standard InChI is InChI=1S/C18H19ClN2O5/c1-13-3-8-17(16(11-13)21(23)24)26-12-18(22)20(2)9-10-25-15-6-4-14(19)5-7-15/h3-8,11H,9-10,12H2,1-2H3. The van der Waals surface area contributed by atoms with Crippen molar-refractivity contribution in [3.63, 3.8) is 0 Å². The van der Waals surface area contributed by atoms with Crippen molar-refractivity contribution in [2.45, 2.75) is 6.92 Å². The predicted molar refractivity (Wildman–Crippen MR) is 97.9 cm³/mol. The third kappa shape index (κ3) is 5.63. The van der Waals surface area contributed by atoms with Gasteiger partial charge in [0.15, 0.2) is 12.4 Å². The highest BCUT2D eigenvalue weighted by Crippen LogP contribution is 2.27. The van der Waals surface area contributed by atoms with Crippen molar-refractivity contribution in [1.82, 2.24) is 4.90 Å². The highest BCUT2D eigenvalue weighted by atomic mass is 35.5. The summed E-state index contributed by atoms with van der Waals surface area (Å²) < 4.78 is 10.9. The summed E-state index contributed by atoms with van der Waals surface area (Å²) in [6.45, 7) is 2.10. The smallest absolute Gasteiger partial charge is 0.311 e. The van der Waals surface area contributed by atoms with E-state index in [1.54, 1.807) is 44.3 Å². The zero-order chi connectivity index (χ0) is 19.1. The molecule has 0 atom stereocenters. The maximum absolute atomic E-state index is 12.1. The summed E-state index contributed by atoms with van der Waals surface area (Å²) >= 11 is 5.80. The lowest BCUT2D eigenvalue weighted by atomic mass is 10.2. The van der Waals surface area contributed by atoms with Crippen molar-refractivity contribution in [3.05, 3.63) is 63.2 Å². The normalized spacial score (nSPS) is 10.3. The number of halogens is 1. The summed E-state index contributed by atoms with van der Waals surface area (Å²) in [5.41, 5.74) is 0.582. The Morgan fingerprint density at radius 2 is 1.88 bits per heavy atom. The highest BCUT2D eigenvalue weighted by molar-refractivity contribution is 6.30. The van der Waals surface area contributed by atoms with Gasteiger partial charge in [-0.05, 0) is 42.8 Å². The maximum atomic E-state index is 12.1. The van der Waals surface area contributed by atoms with Crippen molar-refractivity contribution in [2.24, 2.45) is 0 Å². The highest BCUT2D eigenvalue weighted by Gasteiger charge is 2.17. The third-order valence-electron chi connectivity index (χ3n) is 3.60. The average Bonchev–Trinajstić information content (AvgIpc) is 2.61. The maximum Gasteiger partial charge on any atom is 0.311 e. The Hall–Kier alpha value is -2.80. The SMILES string of the molecule is Cc1ccc(OCC(=O)N(C)CCOc2ccc(Cl)cc2)c([N+](=O)[O-])c1. The second kappa shape index (κ2) is 9.05. The quantitative estimate of drug-likeness (QED) is 0.519. The van der Waals surface area contributed by atoms with Crippen LogP contribution in [0, 0.1) is 17.0 Å². The number of aryl methyl sites for hydroxylation is 1. The molecule has 0 unspecified atom stereocenters. The minimum Gasteiger partial charge on any atom is -0.492 e. The van der Waals surface area contributed by atoms with Gasteiger partial charge < -0.3 is 14.4 Å². The molecule has 0 fully saturated rings. The molecule has 2 rings (SSSR count). The van der Waals surface area contributed by atoms with Gasteiger partial charge in [-0.2, -0.15) is 0 Å². The molecule has 0 saturated carbocycles. The van der Waals surface area contributed by atoms with E-state index in [1.807, 2.05) is 0 Å². The Morgan fingerprint density at radius 1 is 1.19 bits per heavy atom. The Labute approximate surface area is 156 Å². The molecular weight excluding hydrogens is 360 g/mol. The van der Waals surface area contributed by atoms with E-state index in [1.165, 1.54) is 17.0 Å². The Morgan fingerprint density at radius 3 is 2.54 bits per heavy atom. The number of hydrogen-bond donors (Lipinski definition) is 0. The predicted octanol–water partition coefficient (Wildman–Crippen LogP) is 3.47. The number of nitro benzene ring substituents is 1. The molecule has 0 N–H and O–H groups in total. The minimum atomic E-state index is -0.531. The van der Waals surface area contributed by atoms with Gasteiger partial charge in [0.1, 0.15) is 12.4 Å². The number of carbonyl (C=O) groups excluding carboxylic acids is 1. The number of amides is 1. The van der Waals surface area contributed by atoms with E-state index in [0.29, 0.717) is 23.9 Å². The number of rotatable bonds is 8. The van der Waals surface area contributed by atoms with Crippen LogP contribution in [0.25, 0.3) is 0 Å². The molecule has 0 aliphatic carbocycles. The molecule has 26 heavy (non-hydrogen) atoms. The lowest BCUT2D eigenvalue weighted by Crippen LogP contribution is -2.34. The molecule has 0 radical (unpaired) electrons. The number of carbonyl (C=O) groups is 1. The second-order valence-electron chi connectivity index (χ2n) is 5.63. The first kappa shape index (κ1) is 19.5. The first-order valence-electron chi connectivity index (χ1n) is 7.87. The third-order valence-corrected chi connectivity index (χ3v) is 3.85. The van der Waals surface area contributed by atoms with Gasteiger partial charge in [0.25, 0.3) is 5.91 Å². The summed E-state index contributed by atoms with van der Waals surface area (Å²) in [7, 11) is 1.61. The van der Waals surface area contributed by atoms with Crippen LogP contribution in [-0.2, 0) is 4.79 Å². The number of ether oxygens (including phenoxy) is 2.